The molecule has 28 heavy (non-hydrogen) atoms. The molecule has 2 N–H and O–H groups in total. The van der Waals surface area contributed by atoms with E-state index in [9.17, 15) is 4.79 Å². The smallest absolute Gasteiger partial charge is 0.270 e. The Hall–Kier alpha value is -3.61. The molecule has 0 unspecified atom stereocenters. The van der Waals surface area contributed by atoms with E-state index < -0.39 is 0 Å². The van der Waals surface area contributed by atoms with E-state index in [2.05, 4.69) is 32.7 Å². The quantitative estimate of drug-likeness (QED) is 0.616. The molecule has 142 valence electrons. The van der Waals surface area contributed by atoms with Crippen LogP contribution in [0, 0.1) is 0 Å². The van der Waals surface area contributed by atoms with Gasteiger partial charge in [-0.2, -0.15) is 0 Å². The number of benzene rings is 2. The van der Waals surface area contributed by atoms with Crippen molar-refractivity contribution in [3.63, 3.8) is 0 Å². The molecule has 0 spiro atoms. The second-order valence-electron chi connectivity index (χ2n) is 6.30. The Bertz CT molecular complexity index is 963. The Morgan fingerprint density at radius 2 is 1.89 bits per heavy atom. The molecular formula is C21H20N4O3. The second kappa shape index (κ2) is 8.39. The van der Waals surface area contributed by atoms with E-state index >= 15 is 0 Å². The Morgan fingerprint density at radius 1 is 1.04 bits per heavy atom. The molecule has 3 aromatic rings. The zero-order valence-corrected chi connectivity index (χ0v) is 15.2. The largest absolute Gasteiger partial charge is 0.454 e. The molecule has 0 atom stereocenters. The predicted octanol–water partition coefficient (Wildman–Crippen LogP) is 3.31. The Kier molecular flexibility index (Phi) is 5.33. The van der Waals surface area contributed by atoms with Crippen molar-refractivity contribution in [3.8, 4) is 11.5 Å². The average molecular weight is 376 g/mol. The van der Waals surface area contributed by atoms with Crippen LogP contribution in [0.4, 0.5) is 11.6 Å². The number of amides is 1. The van der Waals surface area contributed by atoms with Gasteiger partial charge in [-0.05, 0) is 36.6 Å². The summed E-state index contributed by atoms with van der Waals surface area (Å²) in [4.78, 5) is 20.8. The van der Waals surface area contributed by atoms with Crippen molar-refractivity contribution in [2.24, 2.45) is 0 Å². The lowest BCUT2D eigenvalue weighted by atomic mass is 10.1. The SMILES string of the molecule is O=C(NCCCc1ccccc1)c1ccnc(Nc2ccc3c(c2)OCO3)n1. The van der Waals surface area contributed by atoms with Crippen LogP contribution in [0.1, 0.15) is 22.5 Å². The van der Waals surface area contributed by atoms with Crippen molar-refractivity contribution < 1.29 is 14.3 Å². The molecule has 7 nitrogen and oxygen atoms in total. The number of carbonyl (C=O) groups excluding carboxylic acids is 1. The first-order chi connectivity index (χ1) is 13.8. The number of rotatable bonds is 7. The van der Waals surface area contributed by atoms with Gasteiger partial charge in [-0.25, -0.2) is 9.97 Å². The summed E-state index contributed by atoms with van der Waals surface area (Å²) in [5.41, 5.74) is 2.33. The lowest BCUT2D eigenvalue weighted by molar-refractivity contribution is 0.0948. The van der Waals surface area contributed by atoms with E-state index in [1.54, 1.807) is 12.3 Å². The van der Waals surface area contributed by atoms with E-state index in [0.717, 1.165) is 18.5 Å². The van der Waals surface area contributed by atoms with E-state index in [-0.39, 0.29) is 12.7 Å². The van der Waals surface area contributed by atoms with Crippen LogP contribution in [0.2, 0.25) is 0 Å². The van der Waals surface area contributed by atoms with E-state index in [1.165, 1.54) is 5.56 Å². The molecule has 2 heterocycles. The number of nitrogens with zero attached hydrogens (tertiary/aromatic N) is 2. The zero-order chi connectivity index (χ0) is 19.2. The molecule has 0 fully saturated rings. The van der Waals surface area contributed by atoms with E-state index in [1.807, 2.05) is 36.4 Å². The number of anilines is 2. The number of ether oxygens (including phenoxy) is 2. The van der Waals surface area contributed by atoms with Crippen LogP contribution >= 0.6 is 0 Å². The van der Waals surface area contributed by atoms with Gasteiger partial charge in [-0.1, -0.05) is 30.3 Å². The highest BCUT2D eigenvalue weighted by atomic mass is 16.7. The number of aryl methyl sites for hydroxylation is 1. The van der Waals surface area contributed by atoms with Crippen LogP contribution in [0.3, 0.4) is 0 Å². The first kappa shape index (κ1) is 17.8. The fourth-order valence-corrected chi connectivity index (χ4v) is 2.88. The zero-order valence-electron chi connectivity index (χ0n) is 15.2. The summed E-state index contributed by atoms with van der Waals surface area (Å²) in [5.74, 6) is 1.49. The first-order valence-electron chi connectivity index (χ1n) is 9.10. The lowest BCUT2D eigenvalue weighted by Gasteiger charge is -2.08. The van der Waals surface area contributed by atoms with E-state index in [4.69, 9.17) is 9.47 Å². The third kappa shape index (κ3) is 4.37. The number of aromatic nitrogens is 2. The van der Waals surface area contributed by atoms with Gasteiger partial charge in [-0.3, -0.25) is 4.79 Å². The Balaban J connectivity index is 1.32. The van der Waals surface area contributed by atoms with Gasteiger partial charge >= 0.3 is 0 Å². The van der Waals surface area contributed by atoms with Crippen molar-refractivity contribution in [1.82, 2.24) is 15.3 Å². The Morgan fingerprint density at radius 3 is 2.79 bits per heavy atom. The maximum absolute atomic E-state index is 12.3. The lowest BCUT2D eigenvalue weighted by Crippen LogP contribution is -2.26. The molecule has 4 rings (SSSR count). The molecule has 7 heteroatoms. The fraction of sp³-hybridized carbons (Fsp3) is 0.190. The highest BCUT2D eigenvalue weighted by Crippen LogP contribution is 2.34. The maximum atomic E-state index is 12.3. The van der Waals surface area contributed by atoms with Gasteiger partial charge in [0.05, 0.1) is 0 Å². The summed E-state index contributed by atoms with van der Waals surface area (Å²) >= 11 is 0. The second-order valence-corrected chi connectivity index (χ2v) is 6.30. The number of carbonyl (C=O) groups is 1. The van der Waals surface area contributed by atoms with Crippen LogP contribution in [-0.2, 0) is 6.42 Å². The van der Waals surface area contributed by atoms with Crippen LogP contribution in [0.15, 0.2) is 60.8 Å². The molecular weight excluding hydrogens is 356 g/mol. The van der Waals surface area contributed by atoms with Gasteiger partial charge < -0.3 is 20.1 Å². The molecule has 1 aliphatic heterocycles. The van der Waals surface area contributed by atoms with Crippen LogP contribution in [0.5, 0.6) is 11.5 Å². The molecule has 1 amide bonds. The maximum Gasteiger partial charge on any atom is 0.270 e. The van der Waals surface area contributed by atoms with Gasteiger partial charge in [0.25, 0.3) is 5.91 Å². The highest BCUT2D eigenvalue weighted by molar-refractivity contribution is 5.92. The van der Waals surface area contributed by atoms with Crippen molar-refractivity contribution >= 4 is 17.5 Å². The molecule has 2 aromatic carbocycles. The summed E-state index contributed by atoms with van der Waals surface area (Å²) < 4.78 is 10.7. The number of hydrogen-bond donors (Lipinski definition) is 2. The summed E-state index contributed by atoms with van der Waals surface area (Å²) in [6.07, 6.45) is 3.34. The van der Waals surface area contributed by atoms with Crippen molar-refractivity contribution in [2.75, 3.05) is 18.7 Å². The van der Waals surface area contributed by atoms with Crippen LogP contribution < -0.4 is 20.1 Å². The molecule has 1 aromatic heterocycles. The minimum atomic E-state index is -0.218. The molecule has 0 aliphatic carbocycles. The van der Waals surface area contributed by atoms with Gasteiger partial charge in [0, 0.05) is 24.5 Å². The molecule has 0 radical (unpaired) electrons. The van der Waals surface area contributed by atoms with Gasteiger partial charge in [0.1, 0.15) is 5.69 Å². The van der Waals surface area contributed by atoms with Crippen molar-refractivity contribution in [1.29, 1.82) is 0 Å². The van der Waals surface area contributed by atoms with Crippen LogP contribution in [0.25, 0.3) is 0 Å². The Labute approximate surface area is 162 Å². The third-order valence-electron chi connectivity index (χ3n) is 4.29. The van der Waals surface area contributed by atoms with Gasteiger partial charge in [0.15, 0.2) is 11.5 Å². The minimum Gasteiger partial charge on any atom is -0.454 e. The molecule has 0 bridgehead atoms. The standard InChI is InChI=1S/C21H20N4O3/c26-20(22-11-4-7-15-5-2-1-3-6-15)17-10-12-23-21(25-17)24-16-8-9-18-19(13-16)28-14-27-18/h1-3,5-6,8-10,12-13H,4,7,11,14H2,(H,22,26)(H,23,24,25). The van der Waals surface area contributed by atoms with Crippen molar-refractivity contribution in [3.05, 3.63) is 72.1 Å². The minimum absolute atomic E-state index is 0.217. The molecule has 0 saturated carbocycles. The monoisotopic (exact) mass is 376 g/mol. The van der Waals surface area contributed by atoms with E-state index in [0.29, 0.717) is 29.7 Å². The summed E-state index contributed by atoms with van der Waals surface area (Å²) in [6, 6.07) is 17.3. The average Bonchev–Trinajstić information content (AvgIpc) is 3.20. The number of fused-ring (bicyclic) bond motifs is 1. The predicted molar refractivity (Wildman–Crippen MR) is 105 cm³/mol. The third-order valence-corrected chi connectivity index (χ3v) is 4.29. The van der Waals surface area contributed by atoms with Crippen molar-refractivity contribution in [2.45, 2.75) is 12.8 Å². The highest BCUT2D eigenvalue weighted by Gasteiger charge is 2.14. The first-order valence-corrected chi connectivity index (χ1v) is 9.10. The summed E-state index contributed by atoms with van der Waals surface area (Å²) in [6.45, 7) is 0.803. The normalized spacial score (nSPS) is 11.9. The molecule has 0 saturated heterocycles. The fourth-order valence-electron chi connectivity index (χ4n) is 2.88. The summed E-state index contributed by atoms with van der Waals surface area (Å²) in [7, 11) is 0. The van der Waals surface area contributed by atoms with Crippen LogP contribution in [-0.4, -0.2) is 29.2 Å². The number of hydrogen-bond acceptors (Lipinski definition) is 6. The van der Waals surface area contributed by atoms with Gasteiger partial charge in [-0.15, -0.1) is 0 Å². The topological polar surface area (TPSA) is 85.4 Å². The number of nitrogens with one attached hydrogen (secondary N) is 2. The summed E-state index contributed by atoms with van der Waals surface area (Å²) in [5, 5.41) is 5.98. The molecule has 1 aliphatic rings. The van der Waals surface area contributed by atoms with Gasteiger partial charge in [0.2, 0.25) is 12.7 Å².